The Morgan fingerprint density at radius 2 is 1.71 bits per heavy atom. The molecule has 1 N–H and O–H groups in total. The normalized spacial score (nSPS) is 14.7. The van der Waals surface area contributed by atoms with E-state index >= 15 is 0 Å². The van der Waals surface area contributed by atoms with Gasteiger partial charge in [0.05, 0.1) is 27.4 Å². The first-order valence-corrected chi connectivity index (χ1v) is 11.3. The molecule has 3 aromatic rings. The van der Waals surface area contributed by atoms with Gasteiger partial charge in [0.15, 0.2) is 16.6 Å². The van der Waals surface area contributed by atoms with Crippen LogP contribution in [0.2, 0.25) is 0 Å². The van der Waals surface area contributed by atoms with E-state index in [2.05, 4.69) is 10.2 Å². The molecule has 8 heteroatoms. The molecule has 6 nitrogen and oxygen atoms in total. The molecule has 178 valence electrons. The van der Waals surface area contributed by atoms with Gasteiger partial charge in [-0.25, -0.2) is 4.39 Å². The van der Waals surface area contributed by atoms with E-state index in [-0.39, 0.29) is 11.9 Å². The molecule has 1 aliphatic rings. The Morgan fingerprint density at radius 1 is 0.971 bits per heavy atom. The minimum absolute atomic E-state index is 0.195. The van der Waals surface area contributed by atoms with Crippen molar-refractivity contribution >= 4 is 23.0 Å². The maximum absolute atomic E-state index is 13.3. The summed E-state index contributed by atoms with van der Waals surface area (Å²) in [4.78, 5) is 2.10. The molecule has 4 rings (SSSR count). The summed E-state index contributed by atoms with van der Waals surface area (Å²) in [6, 6.07) is 17.4. The van der Waals surface area contributed by atoms with E-state index in [1.54, 1.807) is 33.5 Å². The molecule has 3 aromatic carbocycles. The lowest BCUT2D eigenvalue weighted by atomic mass is 9.92. The van der Waals surface area contributed by atoms with Crippen molar-refractivity contribution in [2.75, 3.05) is 39.8 Å². The van der Waals surface area contributed by atoms with Gasteiger partial charge in [-0.15, -0.1) is 0 Å². The Kier molecular flexibility index (Phi) is 7.37. The van der Waals surface area contributed by atoms with Crippen molar-refractivity contribution in [2.24, 2.45) is 0 Å². The molecule has 0 saturated carbocycles. The molecular weight excluding hydrogens is 455 g/mol. The van der Waals surface area contributed by atoms with Gasteiger partial charge >= 0.3 is 0 Å². The van der Waals surface area contributed by atoms with Crippen molar-refractivity contribution in [2.45, 2.75) is 12.5 Å². The van der Waals surface area contributed by atoms with Crippen LogP contribution in [0.25, 0.3) is 0 Å². The number of rotatable bonds is 7. The molecule has 0 fully saturated rings. The van der Waals surface area contributed by atoms with E-state index in [1.807, 2.05) is 36.4 Å². The number of methoxy groups -OCH3 is 3. The van der Waals surface area contributed by atoms with Gasteiger partial charge in [0, 0.05) is 18.3 Å². The number of nitrogens with zero attached hydrogens (tertiary/aromatic N) is 1. The highest BCUT2D eigenvalue weighted by atomic mass is 32.1. The van der Waals surface area contributed by atoms with Gasteiger partial charge in [-0.05, 0) is 78.3 Å². The van der Waals surface area contributed by atoms with Gasteiger partial charge in [0.25, 0.3) is 0 Å². The Bertz CT molecular complexity index is 1160. The smallest absolute Gasteiger partial charge is 0.174 e. The average molecular weight is 483 g/mol. The molecule has 0 spiro atoms. The third-order valence-corrected chi connectivity index (χ3v) is 6.14. The molecule has 0 amide bonds. The predicted octanol–water partition coefficient (Wildman–Crippen LogP) is 5.23. The van der Waals surface area contributed by atoms with Gasteiger partial charge < -0.3 is 29.2 Å². The molecule has 0 saturated heterocycles. The number of fused-ring (bicyclic) bond motifs is 1. The molecular formula is C26H27FN2O4S. The summed E-state index contributed by atoms with van der Waals surface area (Å²) in [5.74, 6) is 2.34. The lowest BCUT2D eigenvalue weighted by Gasteiger charge is -2.39. The van der Waals surface area contributed by atoms with Crippen LogP contribution in [0.3, 0.4) is 0 Å². The number of ether oxygens (including phenoxy) is 4. The first kappa shape index (κ1) is 23.6. The molecule has 34 heavy (non-hydrogen) atoms. The van der Waals surface area contributed by atoms with Crippen LogP contribution >= 0.6 is 12.2 Å². The number of benzene rings is 3. The maximum Gasteiger partial charge on any atom is 0.174 e. The first-order chi connectivity index (χ1) is 16.5. The lowest BCUT2D eigenvalue weighted by Crippen LogP contribution is -2.44. The van der Waals surface area contributed by atoms with Gasteiger partial charge in [0.1, 0.15) is 23.9 Å². The summed E-state index contributed by atoms with van der Waals surface area (Å²) in [5, 5.41) is 3.89. The Labute approximate surface area is 204 Å². The van der Waals surface area contributed by atoms with Gasteiger partial charge in [-0.1, -0.05) is 6.07 Å². The highest BCUT2D eigenvalue weighted by Gasteiger charge is 2.31. The highest BCUT2D eigenvalue weighted by molar-refractivity contribution is 7.80. The largest absolute Gasteiger partial charge is 0.497 e. The fraction of sp³-hybridized carbons (Fsp3) is 0.269. The fourth-order valence-electron chi connectivity index (χ4n) is 4.05. The second kappa shape index (κ2) is 10.6. The molecule has 0 radical (unpaired) electrons. The van der Waals surface area contributed by atoms with Crippen molar-refractivity contribution in [3.8, 4) is 23.0 Å². The monoisotopic (exact) mass is 482 g/mol. The minimum Gasteiger partial charge on any atom is -0.497 e. The average Bonchev–Trinajstić information content (AvgIpc) is 2.87. The third kappa shape index (κ3) is 5.17. The first-order valence-electron chi connectivity index (χ1n) is 10.9. The van der Waals surface area contributed by atoms with E-state index in [4.69, 9.17) is 31.2 Å². The van der Waals surface area contributed by atoms with Crippen molar-refractivity contribution in [1.29, 1.82) is 0 Å². The van der Waals surface area contributed by atoms with Crippen molar-refractivity contribution in [1.82, 2.24) is 4.90 Å². The Hall–Kier alpha value is -3.52. The molecule has 1 atom stereocenters. The summed E-state index contributed by atoms with van der Waals surface area (Å²) in [5.41, 5.74) is 3.02. The van der Waals surface area contributed by atoms with Crippen molar-refractivity contribution in [3.63, 3.8) is 0 Å². The molecule has 0 bridgehead atoms. The fourth-order valence-corrected chi connectivity index (χ4v) is 4.39. The van der Waals surface area contributed by atoms with Crippen LogP contribution in [-0.2, 0) is 6.42 Å². The number of anilines is 1. The number of hydrogen-bond acceptors (Lipinski definition) is 5. The van der Waals surface area contributed by atoms with Crippen LogP contribution in [0.1, 0.15) is 17.2 Å². The van der Waals surface area contributed by atoms with Crippen LogP contribution < -0.4 is 24.3 Å². The van der Waals surface area contributed by atoms with Crippen LogP contribution in [0, 0.1) is 5.82 Å². The molecule has 1 aliphatic heterocycles. The molecule has 1 heterocycles. The van der Waals surface area contributed by atoms with Gasteiger partial charge in [-0.2, -0.15) is 0 Å². The van der Waals surface area contributed by atoms with Gasteiger partial charge in [0.2, 0.25) is 0 Å². The zero-order valence-corrected chi connectivity index (χ0v) is 20.2. The van der Waals surface area contributed by atoms with Crippen molar-refractivity contribution < 1.29 is 23.3 Å². The van der Waals surface area contributed by atoms with Crippen LogP contribution in [0.15, 0.2) is 60.7 Å². The second-order valence-electron chi connectivity index (χ2n) is 7.79. The quantitative estimate of drug-likeness (QED) is 0.463. The zero-order valence-electron chi connectivity index (χ0n) is 19.3. The van der Waals surface area contributed by atoms with E-state index in [9.17, 15) is 4.39 Å². The summed E-state index contributed by atoms with van der Waals surface area (Å²) < 4.78 is 35.8. The Balaban J connectivity index is 1.63. The molecule has 0 aliphatic carbocycles. The van der Waals surface area contributed by atoms with E-state index < -0.39 is 0 Å². The topological polar surface area (TPSA) is 52.2 Å². The van der Waals surface area contributed by atoms with Crippen molar-refractivity contribution in [3.05, 3.63) is 77.6 Å². The summed E-state index contributed by atoms with van der Waals surface area (Å²) in [7, 11) is 4.87. The Morgan fingerprint density at radius 3 is 2.41 bits per heavy atom. The minimum atomic E-state index is -0.308. The van der Waals surface area contributed by atoms with Gasteiger partial charge in [-0.3, -0.25) is 0 Å². The summed E-state index contributed by atoms with van der Waals surface area (Å²) in [6.45, 7) is 1.00. The molecule has 0 unspecified atom stereocenters. The van der Waals surface area contributed by atoms with Crippen LogP contribution in [0.5, 0.6) is 23.0 Å². The maximum atomic E-state index is 13.3. The SMILES string of the molecule is COc1cccc(NC(=S)N2CCc3cc(OC)c(OC)cc3[C@H]2COc2ccc(F)cc2)c1. The number of hydrogen-bond donors (Lipinski definition) is 1. The number of nitrogens with one attached hydrogen (secondary N) is 1. The van der Waals surface area contributed by atoms with E-state index in [1.165, 1.54) is 12.1 Å². The van der Waals surface area contributed by atoms with E-state index in [0.717, 1.165) is 29.0 Å². The summed E-state index contributed by atoms with van der Waals surface area (Å²) in [6.07, 6.45) is 0.780. The predicted molar refractivity (Wildman–Crippen MR) is 134 cm³/mol. The zero-order chi connectivity index (χ0) is 24.1. The van der Waals surface area contributed by atoms with E-state index in [0.29, 0.717) is 35.5 Å². The molecule has 0 aromatic heterocycles. The standard InChI is InChI=1S/C26H27FN2O4S/c1-30-21-6-4-5-19(14-21)28-26(34)29-12-11-17-13-24(31-2)25(32-3)15-22(17)23(29)16-33-20-9-7-18(27)8-10-20/h4-10,13-15,23H,11-12,16H2,1-3H3,(H,28,34)/t23-/m1/s1. The number of halogens is 1. The third-order valence-electron chi connectivity index (χ3n) is 5.81. The van der Waals surface area contributed by atoms with Crippen LogP contribution in [-0.4, -0.2) is 44.5 Å². The highest BCUT2D eigenvalue weighted by Crippen LogP contribution is 2.38. The lowest BCUT2D eigenvalue weighted by molar-refractivity contribution is 0.190. The second-order valence-corrected chi connectivity index (χ2v) is 8.18. The summed E-state index contributed by atoms with van der Waals surface area (Å²) >= 11 is 5.81. The van der Waals surface area contributed by atoms with Crippen LogP contribution in [0.4, 0.5) is 10.1 Å². The number of thiocarbonyl (C=S) groups is 1.